The van der Waals surface area contributed by atoms with Crippen LogP contribution in [0.5, 0.6) is 0 Å². The summed E-state index contributed by atoms with van der Waals surface area (Å²) < 4.78 is 1.28. The van der Waals surface area contributed by atoms with Gasteiger partial charge in [0.2, 0.25) is 11.9 Å². The summed E-state index contributed by atoms with van der Waals surface area (Å²) in [6.45, 7) is 2.97. The second kappa shape index (κ2) is 11.6. The fourth-order valence-corrected chi connectivity index (χ4v) is 6.55. The third-order valence-electron chi connectivity index (χ3n) is 5.72. The van der Waals surface area contributed by atoms with Crippen LogP contribution < -0.4 is 27.3 Å². The van der Waals surface area contributed by atoms with Gasteiger partial charge in [0.15, 0.2) is 10.8 Å². The predicted molar refractivity (Wildman–Crippen MR) is 145 cm³/mol. The maximum atomic E-state index is 13.1. The average Bonchev–Trinajstić information content (AvgIpc) is 3.33. The molecule has 9 N–H and O–H groups in total. The van der Waals surface area contributed by atoms with E-state index in [1.165, 1.54) is 40.5 Å². The number of nitrogens with zero attached hydrogens (tertiary/aromatic N) is 5. The van der Waals surface area contributed by atoms with Gasteiger partial charge in [-0.3, -0.25) is 20.3 Å². The van der Waals surface area contributed by atoms with Crippen molar-refractivity contribution < 1.29 is 38.9 Å². The third kappa shape index (κ3) is 5.75. The molecule has 0 aromatic carbocycles. The number of amides is 2. The van der Waals surface area contributed by atoms with Crippen molar-refractivity contribution in [3.8, 4) is 0 Å². The van der Waals surface area contributed by atoms with Gasteiger partial charge < -0.3 is 31.8 Å². The number of carboxylic acid groups (broad SMARTS) is 2. The minimum Gasteiger partial charge on any atom is -0.478 e. The molecule has 0 aliphatic carbocycles. The van der Waals surface area contributed by atoms with Crippen molar-refractivity contribution in [3.63, 3.8) is 0 Å². The monoisotopic (exact) mass is 610 g/mol. The van der Waals surface area contributed by atoms with Crippen molar-refractivity contribution >= 4 is 75.3 Å². The Hall–Kier alpha value is -4.10. The number of thiazole rings is 1. The number of oxime groups is 1. The van der Waals surface area contributed by atoms with Crippen molar-refractivity contribution in [3.05, 3.63) is 34.1 Å². The second-order valence-electron chi connectivity index (χ2n) is 8.50. The molecule has 212 valence electrons. The molecule has 0 spiro atoms. The Morgan fingerprint density at radius 3 is 2.70 bits per heavy atom. The highest BCUT2D eigenvalue weighted by Crippen LogP contribution is 2.41. The van der Waals surface area contributed by atoms with Crippen molar-refractivity contribution in [2.75, 3.05) is 28.8 Å². The minimum absolute atomic E-state index is 0.0189. The zero-order valence-electron chi connectivity index (χ0n) is 20.9. The molecule has 3 atom stereocenters. The van der Waals surface area contributed by atoms with Crippen LogP contribution in [0.4, 0.5) is 10.9 Å². The first-order valence-electron chi connectivity index (χ1n) is 11.3. The number of aromatic nitrogens is 3. The van der Waals surface area contributed by atoms with E-state index in [1.54, 1.807) is 13.1 Å². The van der Waals surface area contributed by atoms with E-state index in [-0.39, 0.29) is 39.6 Å². The third-order valence-corrected chi connectivity index (χ3v) is 8.78. The second-order valence-corrected chi connectivity index (χ2v) is 11.4. The standard InChI is InChI=1S/C21H23N9O7S3/c1-7-3-29(24)21(27-14(7)22)40-5-9-4-38-17-12(16(32)30(17)13(9)19(35)36)26-15(31)11(10-6-39-20(23)25-10)28-37-8(2)18(33)34/h3,6,8,12,17,22H,4-5,24H2,1-2H3,(H5,23,25,26,31,33,34,35,36)/p+1/b28-11-/t8?,12?,17-/m1/s1. The Labute approximate surface area is 238 Å². The van der Waals surface area contributed by atoms with Gasteiger partial charge in [0.05, 0.1) is 5.56 Å². The van der Waals surface area contributed by atoms with E-state index in [9.17, 15) is 24.3 Å². The fraction of sp³-hybridized carbons (Fsp3) is 0.333. The zero-order chi connectivity index (χ0) is 29.3. The number of rotatable bonds is 10. The van der Waals surface area contributed by atoms with E-state index in [1.807, 2.05) is 0 Å². The average molecular weight is 611 g/mol. The molecule has 16 nitrogen and oxygen atoms in total. The van der Waals surface area contributed by atoms with Crippen LogP contribution in [0.25, 0.3) is 0 Å². The summed E-state index contributed by atoms with van der Waals surface area (Å²) in [6.07, 6.45) is 0.230. The molecule has 2 aromatic rings. The molecular weight excluding hydrogens is 586 g/mol. The summed E-state index contributed by atoms with van der Waals surface area (Å²) in [7, 11) is 0. The number of nitrogen functional groups attached to an aromatic ring is 3. The first-order chi connectivity index (χ1) is 18.9. The summed E-state index contributed by atoms with van der Waals surface area (Å²) in [5.41, 5.74) is 12.1. The Morgan fingerprint density at radius 1 is 1.35 bits per heavy atom. The minimum atomic E-state index is -1.37. The van der Waals surface area contributed by atoms with Crippen molar-refractivity contribution in [2.24, 2.45) is 5.16 Å². The molecule has 4 rings (SSSR count). The molecule has 1 saturated heterocycles. The molecule has 2 amide bonds. The number of nitrogens with two attached hydrogens (primary N) is 3. The largest absolute Gasteiger partial charge is 0.478 e. The molecule has 1 fully saturated rings. The molecule has 0 bridgehead atoms. The normalized spacial score (nSPS) is 19.5. The number of β-lactam (4-membered cyclic amide) rings is 1. The van der Waals surface area contributed by atoms with Crippen LogP contribution in [0.2, 0.25) is 0 Å². The number of aliphatic carboxylic acids is 2. The molecule has 4 heterocycles. The van der Waals surface area contributed by atoms with E-state index in [0.29, 0.717) is 16.3 Å². The number of thioether (sulfide) groups is 2. The number of carbonyl (C=O) groups is 4. The molecule has 0 radical (unpaired) electrons. The summed E-state index contributed by atoms with van der Waals surface area (Å²) in [4.78, 5) is 63.7. The van der Waals surface area contributed by atoms with Crippen LogP contribution in [0, 0.1) is 6.92 Å². The zero-order valence-corrected chi connectivity index (χ0v) is 23.4. The molecule has 40 heavy (non-hydrogen) atoms. The van der Waals surface area contributed by atoms with E-state index in [2.05, 4.69) is 20.4 Å². The Kier molecular flexibility index (Phi) is 8.35. The smallest absolute Gasteiger partial charge is 0.384 e. The predicted octanol–water partition coefficient (Wildman–Crippen LogP) is -1.26. The van der Waals surface area contributed by atoms with Gasteiger partial charge in [-0.05, 0) is 36.2 Å². The SMILES string of the molecule is Cc1c[n+](N)c(SCC2=C(C(=O)O)N3C(=O)C(NC(=O)/C(=N\OC(C)C(=O)O)c4csc(N)n4)[C@H]3SC2)nc1N. The Balaban J connectivity index is 1.51. The van der Waals surface area contributed by atoms with Gasteiger partial charge in [-0.1, -0.05) is 5.16 Å². The highest BCUT2D eigenvalue weighted by Gasteiger charge is 2.54. The van der Waals surface area contributed by atoms with Crippen molar-refractivity contribution in [1.29, 1.82) is 0 Å². The van der Waals surface area contributed by atoms with Gasteiger partial charge in [-0.25, -0.2) is 14.6 Å². The number of anilines is 2. The van der Waals surface area contributed by atoms with Crippen LogP contribution in [-0.4, -0.2) is 83.6 Å². The number of carbonyl (C=O) groups excluding carboxylic acids is 2. The lowest BCUT2D eigenvalue weighted by atomic mass is 10.0. The van der Waals surface area contributed by atoms with Crippen LogP contribution in [0.1, 0.15) is 18.2 Å². The lowest BCUT2D eigenvalue weighted by molar-refractivity contribution is -0.682. The number of nitrogens with one attached hydrogen (secondary N) is 1. The van der Waals surface area contributed by atoms with Crippen LogP contribution in [0.3, 0.4) is 0 Å². The quantitative estimate of drug-likeness (QED) is 0.0349. The number of carboxylic acids is 2. The summed E-state index contributed by atoms with van der Waals surface area (Å²) in [5.74, 6) is 2.54. The first kappa shape index (κ1) is 28.9. The molecule has 2 unspecified atom stereocenters. The molecule has 19 heteroatoms. The Bertz CT molecular complexity index is 1460. The number of hydrogen-bond donors (Lipinski definition) is 6. The maximum Gasteiger partial charge on any atom is 0.384 e. The summed E-state index contributed by atoms with van der Waals surface area (Å²) in [6, 6.07) is -1.08. The van der Waals surface area contributed by atoms with Crippen LogP contribution in [-0.2, 0) is 24.0 Å². The van der Waals surface area contributed by atoms with Crippen LogP contribution in [0.15, 0.2) is 33.2 Å². The van der Waals surface area contributed by atoms with E-state index >= 15 is 0 Å². The van der Waals surface area contributed by atoms with Crippen molar-refractivity contribution in [1.82, 2.24) is 20.2 Å². The molecule has 0 saturated carbocycles. The summed E-state index contributed by atoms with van der Waals surface area (Å²) in [5, 5.41) is 26.3. The van der Waals surface area contributed by atoms with Gasteiger partial charge >= 0.3 is 17.1 Å². The lowest BCUT2D eigenvalue weighted by Crippen LogP contribution is -2.71. The Morgan fingerprint density at radius 2 is 2.08 bits per heavy atom. The maximum absolute atomic E-state index is 13.1. The van der Waals surface area contributed by atoms with Gasteiger partial charge in [0, 0.05) is 16.9 Å². The first-order valence-corrected chi connectivity index (χ1v) is 14.3. The van der Waals surface area contributed by atoms with Gasteiger partial charge in [0.1, 0.15) is 29.0 Å². The molecule has 2 aliphatic rings. The highest BCUT2D eigenvalue weighted by atomic mass is 32.2. The number of hydrogen-bond acceptors (Lipinski definition) is 14. The fourth-order valence-electron chi connectivity index (χ4n) is 3.62. The van der Waals surface area contributed by atoms with Gasteiger partial charge in [0.25, 0.3) is 11.8 Å². The van der Waals surface area contributed by atoms with E-state index in [0.717, 1.165) is 16.2 Å². The summed E-state index contributed by atoms with van der Waals surface area (Å²) >= 11 is 3.45. The van der Waals surface area contributed by atoms with E-state index < -0.39 is 41.3 Å². The van der Waals surface area contributed by atoms with E-state index in [4.69, 9.17) is 27.3 Å². The van der Waals surface area contributed by atoms with Gasteiger partial charge in [-0.15, -0.1) is 27.8 Å². The van der Waals surface area contributed by atoms with Gasteiger partial charge in [-0.2, -0.15) is 0 Å². The van der Waals surface area contributed by atoms with Crippen molar-refractivity contribution in [2.45, 2.75) is 36.5 Å². The molecular formula is C21H24N9O7S3+. The molecule has 2 aliphatic heterocycles. The lowest BCUT2D eigenvalue weighted by Gasteiger charge is -2.49. The van der Waals surface area contributed by atoms with Crippen LogP contribution >= 0.6 is 34.9 Å². The number of fused-ring (bicyclic) bond motifs is 1. The number of aryl methyl sites for hydroxylation is 1. The molecule has 2 aromatic heterocycles. The topological polar surface area (TPSA) is 253 Å². The highest BCUT2D eigenvalue weighted by molar-refractivity contribution is 8.01.